The highest BCUT2D eigenvalue weighted by molar-refractivity contribution is 7.10. The normalized spacial score (nSPS) is 41.0. The molecule has 4 bridgehead atoms. The molecular weight excluding hydrogens is 264 g/mol. The quantitative estimate of drug-likeness (QED) is 0.768. The highest BCUT2D eigenvalue weighted by atomic mass is 32.1. The van der Waals surface area contributed by atoms with Gasteiger partial charge in [-0.1, -0.05) is 17.9 Å². The Labute approximate surface area is 125 Å². The fourth-order valence-corrected chi connectivity index (χ4v) is 5.88. The van der Waals surface area contributed by atoms with Gasteiger partial charge < -0.3 is 5.11 Å². The van der Waals surface area contributed by atoms with Crippen LogP contribution in [-0.2, 0) is 5.60 Å². The lowest BCUT2D eigenvalue weighted by Crippen LogP contribution is -2.45. The molecule has 0 amide bonds. The first-order valence-electron chi connectivity index (χ1n) is 7.85. The minimum atomic E-state index is -0.975. The molecule has 20 heavy (non-hydrogen) atoms. The summed E-state index contributed by atoms with van der Waals surface area (Å²) in [4.78, 5) is 0.967. The number of hydrogen-bond acceptors (Lipinski definition) is 2. The van der Waals surface area contributed by atoms with Gasteiger partial charge in [0.15, 0.2) is 5.60 Å². The largest absolute Gasteiger partial charge is 0.373 e. The zero-order chi connectivity index (χ0) is 13.8. The second kappa shape index (κ2) is 4.36. The van der Waals surface area contributed by atoms with Crippen molar-refractivity contribution >= 4 is 11.3 Å². The molecule has 5 rings (SSSR count). The van der Waals surface area contributed by atoms with Gasteiger partial charge >= 0.3 is 0 Å². The van der Waals surface area contributed by atoms with E-state index in [2.05, 4.69) is 11.8 Å². The topological polar surface area (TPSA) is 20.2 Å². The van der Waals surface area contributed by atoms with Gasteiger partial charge in [-0.3, -0.25) is 0 Å². The molecule has 0 radical (unpaired) electrons. The van der Waals surface area contributed by atoms with Crippen LogP contribution in [-0.4, -0.2) is 5.11 Å². The van der Waals surface area contributed by atoms with Crippen LogP contribution in [0.15, 0.2) is 17.5 Å². The zero-order valence-electron chi connectivity index (χ0n) is 12.1. The predicted octanol–water partition coefficient (Wildman–Crippen LogP) is 4.18. The molecular formula is C18H22OS. The number of hydrogen-bond donors (Lipinski definition) is 1. The molecule has 0 spiro atoms. The van der Waals surface area contributed by atoms with Crippen LogP contribution < -0.4 is 0 Å². The number of aliphatic hydroxyl groups is 1. The van der Waals surface area contributed by atoms with Crippen LogP contribution in [0.25, 0.3) is 0 Å². The van der Waals surface area contributed by atoms with Gasteiger partial charge in [-0.05, 0) is 74.6 Å². The van der Waals surface area contributed by atoms with Crippen molar-refractivity contribution in [3.63, 3.8) is 0 Å². The van der Waals surface area contributed by atoms with Gasteiger partial charge in [0.1, 0.15) is 0 Å². The lowest BCUT2D eigenvalue weighted by molar-refractivity contribution is -0.0186. The maximum absolute atomic E-state index is 10.6. The van der Waals surface area contributed by atoms with Gasteiger partial charge in [0.25, 0.3) is 0 Å². The first kappa shape index (κ1) is 12.9. The Balaban J connectivity index is 1.62. The van der Waals surface area contributed by atoms with Gasteiger partial charge in [0.05, 0.1) is 0 Å². The summed E-state index contributed by atoms with van der Waals surface area (Å²) in [5.41, 5.74) is -0.743. The van der Waals surface area contributed by atoms with Crippen molar-refractivity contribution in [3.8, 4) is 11.8 Å². The molecule has 1 aromatic rings. The van der Waals surface area contributed by atoms with E-state index in [1.165, 1.54) is 38.5 Å². The Morgan fingerprint density at radius 1 is 1.20 bits per heavy atom. The molecule has 0 unspecified atom stereocenters. The van der Waals surface area contributed by atoms with E-state index < -0.39 is 5.60 Å². The molecule has 1 aromatic heterocycles. The van der Waals surface area contributed by atoms with Crippen LogP contribution in [0.3, 0.4) is 0 Å². The third-order valence-corrected chi connectivity index (χ3v) is 6.69. The molecule has 4 aliphatic rings. The lowest BCUT2D eigenvalue weighted by Gasteiger charge is -2.54. The Kier molecular flexibility index (Phi) is 2.81. The SMILES string of the molecule is C[C@@](O)(C#CC12CC3CC(CC(C3)C1)C2)c1cccs1. The van der Waals surface area contributed by atoms with E-state index >= 15 is 0 Å². The van der Waals surface area contributed by atoms with Crippen LogP contribution >= 0.6 is 11.3 Å². The van der Waals surface area contributed by atoms with E-state index in [1.54, 1.807) is 11.3 Å². The monoisotopic (exact) mass is 286 g/mol. The van der Waals surface area contributed by atoms with Crippen molar-refractivity contribution in [2.24, 2.45) is 23.2 Å². The molecule has 4 fully saturated rings. The summed E-state index contributed by atoms with van der Waals surface area (Å²) in [5, 5.41) is 12.6. The summed E-state index contributed by atoms with van der Waals surface area (Å²) >= 11 is 1.59. The van der Waals surface area contributed by atoms with Crippen molar-refractivity contribution < 1.29 is 5.11 Å². The molecule has 1 heterocycles. The highest BCUT2D eigenvalue weighted by Crippen LogP contribution is 2.59. The average molecular weight is 286 g/mol. The van der Waals surface area contributed by atoms with Crippen molar-refractivity contribution in [3.05, 3.63) is 22.4 Å². The molecule has 4 aliphatic carbocycles. The first-order chi connectivity index (χ1) is 9.55. The summed E-state index contributed by atoms with van der Waals surface area (Å²) in [5.74, 6) is 9.55. The van der Waals surface area contributed by atoms with Crippen molar-refractivity contribution in [1.82, 2.24) is 0 Å². The van der Waals surface area contributed by atoms with Crippen molar-refractivity contribution in [1.29, 1.82) is 0 Å². The fourth-order valence-electron chi connectivity index (χ4n) is 5.14. The third kappa shape index (κ3) is 2.12. The second-order valence-corrected chi connectivity index (χ2v) is 8.45. The molecule has 0 saturated heterocycles. The van der Waals surface area contributed by atoms with Gasteiger partial charge in [0.2, 0.25) is 0 Å². The summed E-state index contributed by atoms with van der Waals surface area (Å²) in [6, 6.07) is 3.97. The van der Waals surface area contributed by atoms with Gasteiger partial charge in [-0.2, -0.15) is 0 Å². The Morgan fingerprint density at radius 3 is 2.30 bits per heavy atom. The Hall–Kier alpha value is -0.780. The van der Waals surface area contributed by atoms with Crippen LogP contribution in [0.1, 0.15) is 50.3 Å². The molecule has 1 nitrogen and oxygen atoms in total. The minimum Gasteiger partial charge on any atom is -0.373 e. The van der Waals surface area contributed by atoms with E-state index in [0.717, 1.165) is 22.6 Å². The Bertz CT molecular complexity index is 523. The van der Waals surface area contributed by atoms with E-state index in [-0.39, 0.29) is 5.41 Å². The molecule has 1 atom stereocenters. The summed E-state index contributed by atoms with van der Waals surface area (Å²) < 4.78 is 0. The van der Waals surface area contributed by atoms with E-state index in [4.69, 9.17) is 0 Å². The lowest BCUT2D eigenvalue weighted by atomic mass is 9.50. The summed E-state index contributed by atoms with van der Waals surface area (Å²) in [6.45, 7) is 1.84. The van der Waals surface area contributed by atoms with Gasteiger partial charge in [-0.25, -0.2) is 0 Å². The second-order valence-electron chi connectivity index (χ2n) is 7.50. The molecule has 1 N–H and O–H groups in total. The first-order valence-corrected chi connectivity index (χ1v) is 8.73. The zero-order valence-corrected chi connectivity index (χ0v) is 12.9. The standard InChI is InChI=1S/C18H22OS/c1-17(19,16-3-2-6-20-16)4-5-18-10-13-7-14(11-18)9-15(8-13)12-18/h2-3,6,13-15,19H,7-12H2,1H3/t13?,14?,15?,17-,18?/m1/s1. The fraction of sp³-hybridized carbons (Fsp3) is 0.667. The minimum absolute atomic E-state index is 0.232. The molecule has 106 valence electrons. The van der Waals surface area contributed by atoms with E-state index in [9.17, 15) is 5.11 Å². The van der Waals surface area contributed by atoms with Crippen molar-refractivity contribution in [2.45, 2.75) is 51.0 Å². The van der Waals surface area contributed by atoms with Crippen LogP contribution in [0.4, 0.5) is 0 Å². The highest BCUT2D eigenvalue weighted by Gasteiger charge is 2.50. The van der Waals surface area contributed by atoms with Gasteiger partial charge in [0, 0.05) is 10.3 Å². The van der Waals surface area contributed by atoms with E-state index in [1.807, 2.05) is 24.4 Å². The molecule has 4 saturated carbocycles. The van der Waals surface area contributed by atoms with Gasteiger partial charge in [-0.15, -0.1) is 11.3 Å². The summed E-state index contributed by atoms with van der Waals surface area (Å²) in [7, 11) is 0. The maximum Gasteiger partial charge on any atom is 0.157 e. The molecule has 2 heteroatoms. The molecule has 0 aromatic carbocycles. The number of thiophene rings is 1. The van der Waals surface area contributed by atoms with Crippen LogP contribution in [0.5, 0.6) is 0 Å². The third-order valence-electron chi connectivity index (χ3n) is 5.61. The number of rotatable bonds is 1. The van der Waals surface area contributed by atoms with Crippen molar-refractivity contribution in [2.75, 3.05) is 0 Å². The average Bonchev–Trinajstić information content (AvgIpc) is 2.90. The smallest absolute Gasteiger partial charge is 0.157 e. The Morgan fingerprint density at radius 2 is 1.80 bits per heavy atom. The van der Waals surface area contributed by atoms with Crippen LogP contribution in [0.2, 0.25) is 0 Å². The van der Waals surface area contributed by atoms with Crippen LogP contribution in [0, 0.1) is 35.0 Å². The summed E-state index contributed by atoms with van der Waals surface area (Å²) in [6.07, 6.45) is 8.19. The molecule has 0 aliphatic heterocycles. The maximum atomic E-state index is 10.6. The predicted molar refractivity (Wildman–Crippen MR) is 82.3 cm³/mol. The van der Waals surface area contributed by atoms with E-state index in [0.29, 0.717) is 0 Å².